The lowest BCUT2D eigenvalue weighted by atomic mass is 9.95. The molecule has 0 aliphatic rings. The van der Waals surface area contributed by atoms with Gasteiger partial charge in [0.1, 0.15) is 0 Å². The highest BCUT2D eigenvalue weighted by atomic mass is 15.1. The van der Waals surface area contributed by atoms with E-state index in [0.29, 0.717) is 5.92 Å². The van der Waals surface area contributed by atoms with Crippen molar-refractivity contribution in [2.45, 2.75) is 19.9 Å². The fourth-order valence-corrected chi connectivity index (χ4v) is 2.13. The van der Waals surface area contributed by atoms with Crippen molar-refractivity contribution in [3.63, 3.8) is 0 Å². The summed E-state index contributed by atoms with van der Waals surface area (Å²) in [7, 11) is 2.11. The second-order valence-corrected chi connectivity index (χ2v) is 5.07. The van der Waals surface area contributed by atoms with E-state index in [1.165, 1.54) is 11.1 Å². The number of benzene rings is 1. The summed E-state index contributed by atoms with van der Waals surface area (Å²) in [5.74, 6) is 0.432. The lowest BCUT2D eigenvalue weighted by Crippen LogP contribution is -2.31. The van der Waals surface area contributed by atoms with Gasteiger partial charge in [0.25, 0.3) is 0 Å². The maximum Gasteiger partial charge on any atom is 0.0333 e. The maximum atomic E-state index is 6.27. The van der Waals surface area contributed by atoms with Gasteiger partial charge >= 0.3 is 0 Å². The van der Waals surface area contributed by atoms with Crippen LogP contribution in [0, 0.1) is 5.92 Å². The van der Waals surface area contributed by atoms with Gasteiger partial charge in [0.15, 0.2) is 0 Å². The molecular weight excluding hydrogens is 208 g/mol. The third-order valence-corrected chi connectivity index (χ3v) is 2.94. The molecule has 0 heterocycles. The van der Waals surface area contributed by atoms with Crippen molar-refractivity contribution < 1.29 is 0 Å². The minimum atomic E-state index is 0.101. The van der Waals surface area contributed by atoms with E-state index in [0.717, 1.165) is 13.1 Å². The summed E-state index contributed by atoms with van der Waals surface area (Å²) < 4.78 is 0. The fraction of sp³-hybridized carbons (Fsp3) is 0.467. The predicted octanol–water partition coefficient (Wildman–Crippen LogP) is 2.83. The van der Waals surface area contributed by atoms with Crippen molar-refractivity contribution in [2.75, 3.05) is 20.1 Å². The molecule has 2 heteroatoms. The Bertz CT molecular complexity index is 345. The highest BCUT2D eigenvalue weighted by molar-refractivity contribution is 5.19. The lowest BCUT2D eigenvalue weighted by molar-refractivity contribution is 0.281. The Morgan fingerprint density at radius 2 is 1.94 bits per heavy atom. The van der Waals surface area contributed by atoms with Crippen LogP contribution in [0.5, 0.6) is 0 Å². The van der Waals surface area contributed by atoms with E-state index in [-0.39, 0.29) is 6.04 Å². The fourth-order valence-electron chi connectivity index (χ4n) is 2.13. The van der Waals surface area contributed by atoms with Gasteiger partial charge in [-0.2, -0.15) is 0 Å². The van der Waals surface area contributed by atoms with Gasteiger partial charge in [-0.25, -0.2) is 0 Å². The van der Waals surface area contributed by atoms with Gasteiger partial charge in [-0.05, 0) is 25.5 Å². The van der Waals surface area contributed by atoms with Crippen LogP contribution in [0.3, 0.4) is 0 Å². The molecule has 2 nitrogen and oxygen atoms in total. The second kappa shape index (κ2) is 6.58. The number of nitrogens with two attached hydrogens (primary N) is 1. The molecule has 1 rings (SSSR count). The van der Waals surface area contributed by atoms with Crippen molar-refractivity contribution in [1.82, 2.24) is 4.90 Å². The standard InChI is InChI=1S/C15H24N2/c1-12(2)10-17(4)11-13(3)15(16)14-8-6-5-7-9-14/h5-9,13,15H,1,10-11,16H2,2-4H3. The Hall–Kier alpha value is -1.12. The average molecular weight is 232 g/mol. The number of rotatable bonds is 6. The van der Waals surface area contributed by atoms with Gasteiger partial charge in [-0.1, -0.05) is 49.4 Å². The van der Waals surface area contributed by atoms with Crippen LogP contribution in [0.1, 0.15) is 25.5 Å². The zero-order valence-corrected chi connectivity index (χ0v) is 11.2. The molecule has 0 fully saturated rings. The normalized spacial score (nSPS) is 14.6. The third-order valence-electron chi connectivity index (χ3n) is 2.94. The van der Waals surface area contributed by atoms with Gasteiger partial charge in [0, 0.05) is 19.1 Å². The zero-order chi connectivity index (χ0) is 12.8. The van der Waals surface area contributed by atoms with E-state index in [1.54, 1.807) is 0 Å². The SMILES string of the molecule is C=C(C)CN(C)CC(C)C(N)c1ccccc1. The molecule has 0 saturated carbocycles. The van der Waals surface area contributed by atoms with Crippen molar-refractivity contribution in [2.24, 2.45) is 11.7 Å². The highest BCUT2D eigenvalue weighted by Gasteiger charge is 2.16. The topological polar surface area (TPSA) is 29.3 Å². The molecule has 17 heavy (non-hydrogen) atoms. The summed E-state index contributed by atoms with van der Waals surface area (Å²) in [6, 6.07) is 10.4. The minimum Gasteiger partial charge on any atom is -0.324 e. The monoisotopic (exact) mass is 232 g/mol. The molecule has 0 amide bonds. The van der Waals surface area contributed by atoms with Gasteiger partial charge < -0.3 is 10.6 Å². The lowest BCUT2D eigenvalue weighted by Gasteiger charge is -2.26. The first-order valence-electron chi connectivity index (χ1n) is 6.14. The van der Waals surface area contributed by atoms with Crippen molar-refractivity contribution >= 4 is 0 Å². The molecule has 0 aliphatic carbocycles. The summed E-state index contributed by atoms with van der Waals surface area (Å²) in [4.78, 5) is 2.27. The molecular formula is C15H24N2. The van der Waals surface area contributed by atoms with E-state index < -0.39 is 0 Å². The Morgan fingerprint density at radius 1 is 1.35 bits per heavy atom. The van der Waals surface area contributed by atoms with E-state index >= 15 is 0 Å². The molecule has 1 aromatic rings. The van der Waals surface area contributed by atoms with Crippen LogP contribution < -0.4 is 5.73 Å². The van der Waals surface area contributed by atoms with Crippen molar-refractivity contribution in [3.8, 4) is 0 Å². The van der Waals surface area contributed by atoms with Gasteiger partial charge in [-0.3, -0.25) is 0 Å². The molecule has 0 spiro atoms. The third kappa shape index (κ3) is 4.72. The molecule has 0 bridgehead atoms. The second-order valence-electron chi connectivity index (χ2n) is 5.07. The quantitative estimate of drug-likeness (QED) is 0.764. The van der Waals surface area contributed by atoms with Gasteiger partial charge in [0.2, 0.25) is 0 Å². The Kier molecular flexibility index (Phi) is 5.39. The average Bonchev–Trinajstić information content (AvgIpc) is 2.28. The van der Waals surface area contributed by atoms with Gasteiger partial charge in [-0.15, -0.1) is 0 Å². The molecule has 2 N–H and O–H groups in total. The molecule has 0 saturated heterocycles. The highest BCUT2D eigenvalue weighted by Crippen LogP contribution is 2.19. The van der Waals surface area contributed by atoms with Gasteiger partial charge in [0.05, 0.1) is 0 Å². The first-order chi connectivity index (χ1) is 8.00. The molecule has 2 unspecified atom stereocenters. The summed E-state index contributed by atoms with van der Waals surface area (Å²) >= 11 is 0. The minimum absolute atomic E-state index is 0.101. The van der Waals surface area contributed by atoms with Crippen LogP contribution in [0.2, 0.25) is 0 Å². The Balaban J connectivity index is 2.53. The van der Waals surface area contributed by atoms with Crippen LogP contribution in [0.25, 0.3) is 0 Å². The van der Waals surface area contributed by atoms with Crippen molar-refractivity contribution in [1.29, 1.82) is 0 Å². The molecule has 1 aromatic carbocycles. The predicted molar refractivity (Wildman–Crippen MR) is 74.8 cm³/mol. The maximum absolute atomic E-state index is 6.27. The first-order valence-corrected chi connectivity index (χ1v) is 6.14. The number of hydrogen-bond acceptors (Lipinski definition) is 2. The Morgan fingerprint density at radius 3 is 2.47 bits per heavy atom. The van der Waals surface area contributed by atoms with E-state index in [4.69, 9.17) is 5.73 Å². The van der Waals surface area contributed by atoms with Crippen LogP contribution in [-0.4, -0.2) is 25.0 Å². The summed E-state index contributed by atoms with van der Waals surface area (Å²) in [5.41, 5.74) is 8.67. The molecule has 2 atom stereocenters. The summed E-state index contributed by atoms with van der Waals surface area (Å²) in [6.07, 6.45) is 0. The zero-order valence-electron chi connectivity index (χ0n) is 11.2. The van der Waals surface area contributed by atoms with E-state index in [9.17, 15) is 0 Å². The molecule has 94 valence electrons. The van der Waals surface area contributed by atoms with E-state index in [2.05, 4.69) is 44.5 Å². The molecule has 0 aromatic heterocycles. The number of nitrogens with zero attached hydrogens (tertiary/aromatic N) is 1. The first kappa shape index (κ1) is 13.9. The van der Waals surface area contributed by atoms with Crippen LogP contribution in [0.4, 0.5) is 0 Å². The Labute approximate surface area is 105 Å². The van der Waals surface area contributed by atoms with E-state index in [1.807, 2.05) is 18.2 Å². The largest absolute Gasteiger partial charge is 0.324 e. The summed E-state index contributed by atoms with van der Waals surface area (Å²) in [6.45, 7) is 10.1. The molecule has 0 radical (unpaired) electrons. The van der Waals surface area contributed by atoms with Crippen LogP contribution in [-0.2, 0) is 0 Å². The summed E-state index contributed by atoms with van der Waals surface area (Å²) in [5, 5.41) is 0. The number of hydrogen-bond donors (Lipinski definition) is 1. The smallest absolute Gasteiger partial charge is 0.0333 e. The van der Waals surface area contributed by atoms with Crippen LogP contribution >= 0.6 is 0 Å². The van der Waals surface area contributed by atoms with Crippen LogP contribution in [0.15, 0.2) is 42.5 Å². The van der Waals surface area contributed by atoms with Crippen molar-refractivity contribution in [3.05, 3.63) is 48.0 Å². The molecule has 0 aliphatic heterocycles. The number of likely N-dealkylation sites (N-methyl/N-ethyl adjacent to an activating group) is 1.